The molecule has 0 saturated carbocycles. The molecule has 0 bridgehead atoms. The Hall–Kier alpha value is -2.08. The molecule has 1 aromatic carbocycles. The number of rotatable bonds is 7. The number of ether oxygens (including phenoxy) is 2. The molecule has 1 saturated heterocycles. The van der Waals surface area contributed by atoms with Gasteiger partial charge in [-0.25, -0.2) is 0 Å². The first-order chi connectivity index (χ1) is 11.6. The van der Waals surface area contributed by atoms with Gasteiger partial charge in [0.15, 0.2) is 0 Å². The van der Waals surface area contributed by atoms with E-state index in [1.54, 1.807) is 4.90 Å². The number of hydrogen-bond acceptors (Lipinski definition) is 4. The average Bonchev–Trinajstić information content (AvgIpc) is 2.60. The predicted molar refractivity (Wildman–Crippen MR) is 92.2 cm³/mol. The molecule has 24 heavy (non-hydrogen) atoms. The second-order valence-electron chi connectivity index (χ2n) is 5.78. The van der Waals surface area contributed by atoms with Gasteiger partial charge in [-0.3, -0.25) is 9.59 Å². The first-order valence-electron chi connectivity index (χ1n) is 8.48. The van der Waals surface area contributed by atoms with Crippen LogP contribution in [0.1, 0.15) is 26.7 Å². The van der Waals surface area contributed by atoms with Crippen molar-refractivity contribution >= 4 is 17.5 Å². The summed E-state index contributed by atoms with van der Waals surface area (Å²) in [5.41, 5.74) is 0.797. The first kappa shape index (κ1) is 18.3. The molecule has 1 aliphatic rings. The zero-order valence-electron chi connectivity index (χ0n) is 14.4. The molecule has 0 aliphatic carbocycles. The van der Waals surface area contributed by atoms with Crippen molar-refractivity contribution in [3.8, 4) is 5.75 Å². The molecule has 1 aromatic rings. The maximum atomic E-state index is 12.1. The van der Waals surface area contributed by atoms with E-state index in [0.717, 1.165) is 24.3 Å². The Kier molecular flexibility index (Phi) is 7.06. The van der Waals surface area contributed by atoms with Crippen molar-refractivity contribution in [1.82, 2.24) is 5.32 Å². The summed E-state index contributed by atoms with van der Waals surface area (Å²) in [5, 5.41) is 2.93. The summed E-state index contributed by atoms with van der Waals surface area (Å²) >= 11 is 0. The second kappa shape index (κ2) is 9.27. The lowest BCUT2D eigenvalue weighted by molar-refractivity contribution is -0.127. The Morgan fingerprint density at radius 3 is 2.50 bits per heavy atom. The molecule has 0 aromatic heterocycles. The van der Waals surface area contributed by atoms with Crippen molar-refractivity contribution in [2.45, 2.75) is 26.7 Å². The Labute approximate surface area is 143 Å². The van der Waals surface area contributed by atoms with Crippen LogP contribution < -0.4 is 15.0 Å². The summed E-state index contributed by atoms with van der Waals surface area (Å²) in [4.78, 5) is 25.7. The van der Waals surface area contributed by atoms with Crippen LogP contribution in [-0.2, 0) is 14.3 Å². The zero-order chi connectivity index (χ0) is 17.4. The molecule has 0 spiro atoms. The molecule has 132 valence electrons. The lowest BCUT2D eigenvalue weighted by Gasteiger charge is -2.24. The molecular formula is C18H26N2O4. The molecule has 1 fully saturated rings. The summed E-state index contributed by atoms with van der Waals surface area (Å²) in [6, 6.07) is 7.39. The molecule has 2 amide bonds. The fourth-order valence-electron chi connectivity index (χ4n) is 2.75. The number of benzene rings is 1. The van der Waals surface area contributed by atoms with Crippen LogP contribution >= 0.6 is 0 Å². The molecule has 1 N–H and O–H groups in total. The number of anilines is 1. The summed E-state index contributed by atoms with van der Waals surface area (Å²) in [6.45, 7) is 6.22. The number of nitrogens with zero attached hydrogens (tertiary/aromatic N) is 1. The Balaban J connectivity index is 1.86. The number of carbonyl (C=O) groups excluding carboxylic acids is 2. The van der Waals surface area contributed by atoms with Gasteiger partial charge in [0.2, 0.25) is 11.8 Å². The van der Waals surface area contributed by atoms with Gasteiger partial charge in [-0.2, -0.15) is 0 Å². The lowest BCUT2D eigenvalue weighted by Crippen LogP contribution is -2.40. The van der Waals surface area contributed by atoms with Crippen LogP contribution in [-0.4, -0.2) is 44.7 Å². The third kappa shape index (κ3) is 5.23. The van der Waals surface area contributed by atoms with Crippen molar-refractivity contribution in [2.75, 3.05) is 37.8 Å². The number of carbonyl (C=O) groups is 2. The molecule has 2 rings (SSSR count). The normalized spacial score (nSPS) is 14.9. The van der Waals surface area contributed by atoms with Gasteiger partial charge >= 0.3 is 0 Å². The molecule has 0 unspecified atom stereocenters. The summed E-state index contributed by atoms with van der Waals surface area (Å²) in [7, 11) is 0. The molecule has 1 heterocycles. The highest BCUT2D eigenvalue weighted by Gasteiger charge is 2.21. The van der Waals surface area contributed by atoms with Crippen molar-refractivity contribution in [3.63, 3.8) is 0 Å². The third-order valence-electron chi connectivity index (χ3n) is 4.07. The van der Waals surface area contributed by atoms with Gasteiger partial charge in [-0.05, 0) is 44.0 Å². The van der Waals surface area contributed by atoms with Crippen molar-refractivity contribution in [3.05, 3.63) is 24.3 Å². The van der Waals surface area contributed by atoms with E-state index in [9.17, 15) is 9.59 Å². The average molecular weight is 334 g/mol. The van der Waals surface area contributed by atoms with Crippen LogP contribution in [0.3, 0.4) is 0 Å². The van der Waals surface area contributed by atoms with Crippen LogP contribution in [0.2, 0.25) is 0 Å². The largest absolute Gasteiger partial charge is 0.494 e. The second-order valence-corrected chi connectivity index (χ2v) is 5.78. The summed E-state index contributed by atoms with van der Waals surface area (Å²) < 4.78 is 10.7. The van der Waals surface area contributed by atoms with Crippen molar-refractivity contribution in [2.24, 2.45) is 5.92 Å². The molecular weight excluding hydrogens is 308 g/mol. The molecule has 6 heteroatoms. The topological polar surface area (TPSA) is 67.9 Å². The number of amides is 2. The van der Waals surface area contributed by atoms with Gasteiger partial charge in [0.05, 0.1) is 6.61 Å². The third-order valence-corrected chi connectivity index (χ3v) is 4.07. The maximum Gasteiger partial charge on any atom is 0.223 e. The zero-order valence-corrected chi connectivity index (χ0v) is 14.4. The van der Waals surface area contributed by atoms with Gasteiger partial charge in [-0.15, -0.1) is 0 Å². The smallest absolute Gasteiger partial charge is 0.223 e. The standard InChI is InChI=1S/C18H26N2O4/c1-3-24-17-6-4-16(5-7-17)20(14(2)21)11-10-19-18(22)15-8-12-23-13-9-15/h4-7,15H,3,8-13H2,1-2H3,(H,19,22). The van der Waals surface area contributed by atoms with Crippen LogP contribution in [0, 0.1) is 5.92 Å². The van der Waals surface area contributed by atoms with Crippen molar-refractivity contribution < 1.29 is 19.1 Å². The minimum atomic E-state index is -0.0560. The van der Waals surface area contributed by atoms with Gasteiger partial charge in [-0.1, -0.05) is 0 Å². The SMILES string of the molecule is CCOc1ccc(N(CCNC(=O)C2CCOCC2)C(C)=O)cc1. The quantitative estimate of drug-likeness (QED) is 0.828. The van der Waals surface area contributed by atoms with Gasteiger partial charge < -0.3 is 19.7 Å². The molecule has 6 nitrogen and oxygen atoms in total. The van der Waals surface area contributed by atoms with E-state index in [2.05, 4.69) is 5.32 Å². The number of hydrogen-bond donors (Lipinski definition) is 1. The van der Waals surface area contributed by atoms with Gasteiger partial charge in [0, 0.05) is 44.8 Å². The Bertz CT molecular complexity index is 538. The fourth-order valence-corrected chi connectivity index (χ4v) is 2.75. The Morgan fingerprint density at radius 1 is 1.25 bits per heavy atom. The van der Waals surface area contributed by atoms with Crippen LogP contribution in [0.5, 0.6) is 5.75 Å². The molecule has 0 atom stereocenters. The van der Waals surface area contributed by atoms with E-state index >= 15 is 0 Å². The van der Waals surface area contributed by atoms with E-state index < -0.39 is 0 Å². The highest BCUT2D eigenvalue weighted by Crippen LogP contribution is 2.19. The van der Waals surface area contributed by atoms with Crippen LogP contribution in [0.15, 0.2) is 24.3 Å². The monoisotopic (exact) mass is 334 g/mol. The van der Waals surface area contributed by atoms with Crippen LogP contribution in [0.4, 0.5) is 5.69 Å². The number of nitrogens with one attached hydrogen (secondary N) is 1. The minimum absolute atomic E-state index is 0.0232. The summed E-state index contributed by atoms with van der Waals surface area (Å²) in [5.74, 6) is 0.792. The van der Waals surface area contributed by atoms with Crippen molar-refractivity contribution in [1.29, 1.82) is 0 Å². The van der Waals surface area contributed by atoms with E-state index in [4.69, 9.17) is 9.47 Å². The van der Waals surface area contributed by atoms with E-state index in [1.807, 2.05) is 31.2 Å². The summed E-state index contributed by atoms with van der Waals surface area (Å²) in [6.07, 6.45) is 1.53. The molecule has 0 radical (unpaired) electrons. The predicted octanol–water partition coefficient (Wildman–Crippen LogP) is 1.98. The Morgan fingerprint density at radius 2 is 1.92 bits per heavy atom. The lowest BCUT2D eigenvalue weighted by atomic mass is 9.99. The first-order valence-corrected chi connectivity index (χ1v) is 8.48. The maximum absolute atomic E-state index is 12.1. The highest BCUT2D eigenvalue weighted by atomic mass is 16.5. The van der Waals surface area contributed by atoms with Crippen LogP contribution in [0.25, 0.3) is 0 Å². The van der Waals surface area contributed by atoms with Gasteiger partial charge in [0.25, 0.3) is 0 Å². The highest BCUT2D eigenvalue weighted by molar-refractivity contribution is 5.91. The van der Waals surface area contributed by atoms with Gasteiger partial charge in [0.1, 0.15) is 5.75 Å². The van der Waals surface area contributed by atoms with E-state index in [-0.39, 0.29) is 17.7 Å². The molecule has 1 aliphatic heterocycles. The minimum Gasteiger partial charge on any atom is -0.494 e. The fraction of sp³-hybridized carbons (Fsp3) is 0.556. The van der Waals surface area contributed by atoms with E-state index in [0.29, 0.717) is 32.9 Å². The van der Waals surface area contributed by atoms with E-state index in [1.165, 1.54) is 6.92 Å².